The third-order valence-corrected chi connectivity index (χ3v) is 7.33. The Hall–Kier alpha value is -3.35. The van der Waals surface area contributed by atoms with E-state index in [1.165, 1.54) is 11.1 Å². The summed E-state index contributed by atoms with van der Waals surface area (Å²) >= 11 is 0. The van der Waals surface area contributed by atoms with Gasteiger partial charge < -0.3 is 20.5 Å². The molecule has 1 saturated carbocycles. The van der Waals surface area contributed by atoms with Crippen molar-refractivity contribution in [2.45, 2.75) is 75.8 Å². The number of carboxylic acids is 1. The van der Waals surface area contributed by atoms with Crippen molar-refractivity contribution in [2.24, 2.45) is 0 Å². The summed E-state index contributed by atoms with van der Waals surface area (Å²) in [6.07, 6.45) is 4.06. The fraction of sp³-hybridized carbons (Fsp3) is 0.464. The predicted molar refractivity (Wildman–Crippen MR) is 133 cm³/mol. The minimum atomic E-state index is -0.893. The van der Waals surface area contributed by atoms with Crippen LogP contribution in [0.5, 0.6) is 0 Å². The number of nitrogens with one attached hydrogen (secondary N) is 2. The number of hydrogen-bond acceptors (Lipinski definition) is 4. The van der Waals surface area contributed by atoms with E-state index in [-0.39, 0.29) is 37.3 Å². The van der Waals surface area contributed by atoms with Gasteiger partial charge in [0.1, 0.15) is 6.61 Å². The smallest absolute Gasteiger partial charge is 0.407 e. The Labute approximate surface area is 206 Å². The van der Waals surface area contributed by atoms with Gasteiger partial charge in [0.2, 0.25) is 5.91 Å². The molecule has 3 N–H and O–H groups in total. The van der Waals surface area contributed by atoms with Gasteiger partial charge in [-0.05, 0) is 47.9 Å². The number of alkyl carbamates (subject to hydrolysis) is 1. The Morgan fingerprint density at radius 2 is 1.63 bits per heavy atom. The van der Waals surface area contributed by atoms with Gasteiger partial charge in [0.05, 0.1) is 12.0 Å². The Balaban J connectivity index is 1.28. The number of aliphatic carboxylic acids is 1. The van der Waals surface area contributed by atoms with Crippen LogP contribution >= 0.6 is 0 Å². The fourth-order valence-corrected chi connectivity index (χ4v) is 5.54. The third kappa shape index (κ3) is 5.84. The molecule has 2 aliphatic rings. The minimum absolute atomic E-state index is 0.00385. The van der Waals surface area contributed by atoms with Gasteiger partial charge in [0.25, 0.3) is 0 Å². The van der Waals surface area contributed by atoms with Crippen LogP contribution in [0.4, 0.5) is 4.79 Å². The lowest BCUT2D eigenvalue weighted by Gasteiger charge is -2.29. The van der Waals surface area contributed by atoms with Crippen molar-refractivity contribution in [1.82, 2.24) is 10.6 Å². The first-order valence-electron chi connectivity index (χ1n) is 12.5. The Morgan fingerprint density at radius 3 is 2.20 bits per heavy atom. The van der Waals surface area contributed by atoms with Gasteiger partial charge >= 0.3 is 12.1 Å². The molecule has 2 aliphatic carbocycles. The summed E-state index contributed by atoms with van der Waals surface area (Å²) < 4.78 is 5.63. The van der Waals surface area contributed by atoms with Crippen LogP contribution in [0.25, 0.3) is 11.1 Å². The lowest BCUT2D eigenvalue weighted by atomic mass is 9.92. The molecule has 0 radical (unpaired) electrons. The van der Waals surface area contributed by atoms with Crippen molar-refractivity contribution >= 4 is 18.0 Å². The highest BCUT2D eigenvalue weighted by Gasteiger charge is 2.37. The number of rotatable bonds is 10. The van der Waals surface area contributed by atoms with E-state index < -0.39 is 17.6 Å². The fourth-order valence-electron chi connectivity index (χ4n) is 5.54. The van der Waals surface area contributed by atoms with E-state index >= 15 is 0 Å². The highest BCUT2D eigenvalue weighted by atomic mass is 16.5. The summed E-state index contributed by atoms with van der Waals surface area (Å²) in [5.41, 5.74) is 4.04. The van der Waals surface area contributed by atoms with E-state index in [9.17, 15) is 19.5 Å². The zero-order valence-corrected chi connectivity index (χ0v) is 20.2. The maximum absolute atomic E-state index is 12.6. The number of benzene rings is 2. The van der Waals surface area contributed by atoms with E-state index in [2.05, 4.69) is 34.9 Å². The van der Waals surface area contributed by atoms with Crippen LogP contribution in [-0.2, 0) is 14.3 Å². The molecule has 2 aromatic carbocycles. The molecule has 35 heavy (non-hydrogen) atoms. The second-order valence-electron chi connectivity index (χ2n) is 9.72. The van der Waals surface area contributed by atoms with Gasteiger partial charge in [-0.15, -0.1) is 0 Å². The molecule has 0 spiro atoms. The van der Waals surface area contributed by atoms with E-state index in [0.29, 0.717) is 25.7 Å². The van der Waals surface area contributed by atoms with E-state index in [1.807, 2.05) is 31.2 Å². The van der Waals surface area contributed by atoms with Crippen LogP contribution in [0.2, 0.25) is 0 Å². The molecule has 1 atom stereocenters. The lowest BCUT2D eigenvalue weighted by molar-refractivity contribution is -0.139. The first-order valence-corrected chi connectivity index (χ1v) is 12.5. The van der Waals surface area contributed by atoms with E-state index in [4.69, 9.17) is 4.74 Å². The largest absolute Gasteiger partial charge is 0.481 e. The molecule has 7 heteroatoms. The van der Waals surface area contributed by atoms with E-state index in [0.717, 1.165) is 24.0 Å². The van der Waals surface area contributed by atoms with Crippen LogP contribution in [0, 0.1) is 0 Å². The molecule has 0 aliphatic heterocycles. The monoisotopic (exact) mass is 478 g/mol. The molecule has 186 valence electrons. The molecule has 0 heterocycles. The van der Waals surface area contributed by atoms with Gasteiger partial charge in [-0.3, -0.25) is 9.59 Å². The average molecular weight is 479 g/mol. The second kappa shape index (κ2) is 10.9. The van der Waals surface area contributed by atoms with Crippen molar-refractivity contribution in [3.8, 4) is 11.1 Å². The molecular weight excluding hydrogens is 444 g/mol. The Morgan fingerprint density at radius 1 is 1.03 bits per heavy atom. The highest BCUT2D eigenvalue weighted by Crippen LogP contribution is 2.44. The molecule has 7 nitrogen and oxygen atoms in total. The standard InChI is InChI=1S/C28H34N2O5/c1-2-19(13-14-25(31)30-28(17-26(32)33)15-7-8-16-28)29-27(34)35-18-24-22-11-5-3-9-20(22)21-10-4-6-12-23(21)24/h3-6,9-12,19,24H,2,7-8,13-18H2,1H3,(H,29,34)(H,30,31)(H,32,33). The number of carbonyl (C=O) groups is 3. The Kier molecular flexibility index (Phi) is 7.73. The number of carbonyl (C=O) groups excluding carboxylic acids is 2. The molecule has 2 aromatic rings. The number of ether oxygens (including phenoxy) is 1. The quantitative estimate of drug-likeness (QED) is 0.446. The summed E-state index contributed by atoms with van der Waals surface area (Å²) in [7, 11) is 0. The van der Waals surface area contributed by atoms with Gasteiger partial charge in [-0.25, -0.2) is 4.79 Å². The normalized spacial score (nSPS) is 16.7. The van der Waals surface area contributed by atoms with Crippen molar-refractivity contribution in [3.63, 3.8) is 0 Å². The number of amides is 2. The number of carboxylic acid groups (broad SMARTS) is 1. The number of fused-ring (bicyclic) bond motifs is 3. The zero-order chi connectivity index (χ0) is 24.8. The van der Waals surface area contributed by atoms with Crippen molar-refractivity contribution in [3.05, 3.63) is 59.7 Å². The Bertz CT molecular complexity index is 1030. The summed E-state index contributed by atoms with van der Waals surface area (Å²) in [4.78, 5) is 36.4. The maximum Gasteiger partial charge on any atom is 0.407 e. The third-order valence-electron chi connectivity index (χ3n) is 7.33. The topological polar surface area (TPSA) is 105 Å². The van der Waals surface area contributed by atoms with Crippen LogP contribution in [0.1, 0.15) is 75.3 Å². The molecule has 0 aromatic heterocycles. The van der Waals surface area contributed by atoms with E-state index in [1.54, 1.807) is 0 Å². The minimum Gasteiger partial charge on any atom is -0.481 e. The molecule has 4 rings (SSSR count). The van der Waals surface area contributed by atoms with Crippen molar-refractivity contribution in [1.29, 1.82) is 0 Å². The molecule has 0 bridgehead atoms. The summed E-state index contributed by atoms with van der Waals surface area (Å²) in [5, 5.41) is 15.1. The molecule has 2 amide bonds. The lowest BCUT2D eigenvalue weighted by Crippen LogP contribution is -2.48. The molecule has 1 unspecified atom stereocenters. The van der Waals surface area contributed by atoms with Gasteiger partial charge in [0, 0.05) is 18.4 Å². The highest BCUT2D eigenvalue weighted by molar-refractivity contribution is 5.79. The zero-order valence-electron chi connectivity index (χ0n) is 20.2. The van der Waals surface area contributed by atoms with Gasteiger partial charge in [-0.2, -0.15) is 0 Å². The molecule has 1 fully saturated rings. The second-order valence-corrected chi connectivity index (χ2v) is 9.72. The average Bonchev–Trinajstić information content (AvgIpc) is 3.42. The predicted octanol–water partition coefficient (Wildman–Crippen LogP) is 4.99. The van der Waals surface area contributed by atoms with Gasteiger partial charge in [-0.1, -0.05) is 68.3 Å². The van der Waals surface area contributed by atoms with Crippen LogP contribution in [-0.4, -0.2) is 41.3 Å². The summed E-state index contributed by atoms with van der Waals surface area (Å²) in [5.74, 6) is -1.06. The molecular formula is C28H34N2O5. The van der Waals surface area contributed by atoms with Crippen molar-refractivity contribution in [2.75, 3.05) is 6.61 Å². The summed E-state index contributed by atoms with van der Waals surface area (Å²) in [6, 6.07) is 16.2. The van der Waals surface area contributed by atoms with Crippen molar-refractivity contribution < 1.29 is 24.2 Å². The van der Waals surface area contributed by atoms with Gasteiger partial charge in [0.15, 0.2) is 0 Å². The number of hydrogen-bond donors (Lipinski definition) is 3. The summed E-state index contributed by atoms with van der Waals surface area (Å²) in [6.45, 7) is 2.20. The SMILES string of the molecule is CCC(CCC(=O)NC1(CC(=O)O)CCCC1)NC(=O)OCC1c2ccccc2-c2ccccc21. The first-order chi connectivity index (χ1) is 16.9. The molecule has 0 saturated heterocycles. The maximum atomic E-state index is 12.6. The van der Waals surface area contributed by atoms with Crippen LogP contribution in [0.3, 0.4) is 0 Å². The first kappa shape index (κ1) is 24.8. The van der Waals surface area contributed by atoms with Crippen LogP contribution in [0.15, 0.2) is 48.5 Å². The van der Waals surface area contributed by atoms with Crippen LogP contribution < -0.4 is 10.6 Å².